The fourth-order valence-corrected chi connectivity index (χ4v) is 7.65. The van der Waals surface area contributed by atoms with Gasteiger partial charge in [-0.2, -0.15) is 0 Å². The van der Waals surface area contributed by atoms with Gasteiger partial charge in [0.15, 0.2) is 0 Å². The van der Waals surface area contributed by atoms with E-state index in [1.807, 2.05) is 6.07 Å². The molecule has 40 heavy (non-hydrogen) atoms. The number of aliphatic hydroxyl groups excluding tert-OH is 1. The molecule has 3 fully saturated rings. The molecule has 2 amide bonds. The Morgan fingerprint density at radius 3 is 2.55 bits per heavy atom. The van der Waals surface area contributed by atoms with E-state index >= 15 is 0 Å². The van der Waals surface area contributed by atoms with Crippen LogP contribution in [0.1, 0.15) is 18.0 Å². The van der Waals surface area contributed by atoms with Gasteiger partial charge >= 0.3 is 5.97 Å². The van der Waals surface area contributed by atoms with Crippen molar-refractivity contribution in [1.29, 1.82) is 0 Å². The Hall–Kier alpha value is -2.98. The lowest BCUT2D eigenvalue weighted by Crippen LogP contribution is -2.57. The fourth-order valence-electron chi connectivity index (χ4n) is 6.47. The Balaban J connectivity index is 1.67. The second-order valence-corrected chi connectivity index (χ2v) is 11.7. The first-order valence-electron chi connectivity index (χ1n) is 13.0. The second kappa shape index (κ2) is 11.5. The van der Waals surface area contributed by atoms with Crippen LogP contribution in [0.15, 0.2) is 79.9 Å². The predicted octanol–water partition coefficient (Wildman–Crippen LogP) is 4.07. The summed E-state index contributed by atoms with van der Waals surface area (Å²) in [5.74, 6) is -3.39. The summed E-state index contributed by atoms with van der Waals surface area (Å²) >= 11 is 10.2. The maximum absolute atomic E-state index is 14.7. The Labute approximate surface area is 246 Å². The molecule has 1 spiro atoms. The molecule has 1 N–H and O–H groups in total. The number of esters is 1. The topological polar surface area (TPSA) is 96.4 Å². The number of carbonyl (C=O) groups excluding carboxylic acids is 3. The molecule has 7 atom stereocenters. The van der Waals surface area contributed by atoms with Crippen LogP contribution in [0, 0.1) is 11.8 Å². The van der Waals surface area contributed by atoms with Gasteiger partial charge in [0, 0.05) is 11.4 Å². The molecule has 3 heterocycles. The number of aliphatic hydroxyl groups is 1. The molecule has 0 aliphatic carbocycles. The first-order chi connectivity index (χ1) is 19.3. The maximum atomic E-state index is 14.7. The standard InChI is InChI=1S/C30H30BrClN2O6/c1-3-14-33(21-13-9-8-12-20(21)32)28(37)26-30-16-19(31)25(40-30)23(29(38)39-15-4-2)24(30)27(36)34(26)22(17-35)18-10-6-5-7-11-18/h3-13,19,22-26,35H,1-2,14-17H2/t19?,22-,23+,24+,25+,26?,30?/m1/s1. The molecule has 5 rings (SSSR count). The molecule has 2 aromatic carbocycles. The first-order valence-corrected chi connectivity index (χ1v) is 14.3. The van der Waals surface area contributed by atoms with Crippen molar-refractivity contribution >= 4 is 51.0 Å². The van der Waals surface area contributed by atoms with E-state index in [2.05, 4.69) is 29.1 Å². The minimum Gasteiger partial charge on any atom is -0.461 e. The van der Waals surface area contributed by atoms with E-state index in [-0.39, 0.29) is 18.0 Å². The van der Waals surface area contributed by atoms with Gasteiger partial charge in [-0.3, -0.25) is 14.4 Å². The smallest absolute Gasteiger partial charge is 0.312 e. The van der Waals surface area contributed by atoms with Crippen molar-refractivity contribution in [2.75, 3.05) is 24.7 Å². The highest BCUT2D eigenvalue weighted by atomic mass is 79.9. The Bertz CT molecular complexity index is 1320. The van der Waals surface area contributed by atoms with E-state index in [4.69, 9.17) is 21.1 Å². The summed E-state index contributed by atoms with van der Waals surface area (Å²) < 4.78 is 11.9. The van der Waals surface area contributed by atoms with Gasteiger partial charge in [0.2, 0.25) is 5.91 Å². The molecule has 2 bridgehead atoms. The Morgan fingerprint density at radius 2 is 1.90 bits per heavy atom. The molecule has 0 radical (unpaired) electrons. The van der Waals surface area contributed by atoms with Crippen LogP contribution >= 0.6 is 27.5 Å². The monoisotopic (exact) mass is 628 g/mol. The molecule has 3 saturated heterocycles. The van der Waals surface area contributed by atoms with Gasteiger partial charge < -0.3 is 24.4 Å². The van der Waals surface area contributed by atoms with E-state index in [0.717, 1.165) is 0 Å². The molecule has 0 aromatic heterocycles. The van der Waals surface area contributed by atoms with Crippen molar-refractivity contribution in [3.05, 3.63) is 90.5 Å². The summed E-state index contributed by atoms with van der Waals surface area (Å²) in [6.45, 7) is 7.08. The van der Waals surface area contributed by atoms with Crippen LogP contribution in [0.5, 0.6) is 0 Å². The van der Waals surface area contributed by atoms with Crippen LogP contribution in [0.2, 0.25) is 5.02 Å². The van der Waals surface area contributed by atoms with Crippen LogP contribution in [-0.4, -0.2) is 70.1 Å². The normalized spacial score (nSPS) is 29.1. The number of amides is 2. The summed E-state index contributed by atoms with van der Waals surface area (Å²) in [7, 11) is 0. The van der Waals surface area contributed by atoms with Crippen molar-refractivity contribution in [2.24, 2.45) is 11.8 Å². The molecule has 3 aliphatic rings. The molecule has 210 valence electrons. The van der Waals surface area contributed by atoms with Crippen LogP contribution in [0.25, 0.3) is 0 Å². The van der Waals surface area contributed by atoms with E-state index < -0.39 is 60.0 Å². The number of halogens is 2. The van der Waals surface area contributed by atoms with Crippen molar-refractivity contribution in [2.45, 2.75) is 35.0 Å². The number of hydrogen-bond donors (Lipinski definition) is 1. The average Bonchev–Trinajstić information content (AvgIpc) is 3.55. The molecule has 3 aliphatic heterocycles. The van der Waals surface area contributed by atoms with Gasteiger partial charge in [0.25, 0.3) is 5.91 Å². The molecular weight excluding hydrogens is 600 g/mol. The molecular formula is C30H30BrClN2O6. The van der Waals surface area contributed by atoms with Gasteiger partial charge in [-0.25, -0.2) is 0 Å². The number of anilines is 1. The quantitative estimate of drug-likeness (QED) is 0.242. The minimum absolute atomic E-state index is 0.0160. The number of nitrogens with zero attached hydrogens (tertiary/aromatic N) is 2. The molecule has 8 nitrogen and oxygen atoms in total. The number of alkyl halides is 1. The van der Waals surface area contributed by atoms with Crippen molar-refractivity contribution in [1.82, 2.24) is 4.90 Å². The van der Waals surface area contributed by atoms with Crippen LogP contribution in [-0.2, 0) is 23.9 Å². The lowest BCUT2D eigenvalue weighted by atomic mass is 9.70. The number of rotatable bonds is 10. The summed E-state index contributed by atoms with van der Waals surface area (Å²) in [5.41, 5.74) is -0.240. The molecule has 10 heteroatoms. The highest BCUT2D eigenvalue weighted by Crippen LogP contribution is 2.61. The van der Waals surface area contributed by atoms with E-state index in [1.54, 1.807) is 54.6 Å². The third-order valence-electron chi connectivity index (χ3n) is 7.99. The van der Waals surface area contributed by atoms with E-state index in [1.165, 1.54) is 15.9 Å². The third kappa shape index (κ3) is 4.49. The van der Waals surface area contributed by atoms with E-state index in [0.29, 0.717) is 22.7 Å². The number of benzene rings is 2. The fraction of sp³-hybridized carbons (Fsp3) is 0.367. The minimum atomic E-state index is -1.34. The zero-order valence-electron chi connectivity index (χ0n) is 21.7. The predicted molar refractivity (Wildman–Crippen MR) is 154 cm³/mol. The Morgan fingerprint density at radius 1 is 1.20 bits per heavy atom. The van der Waals surface area contributed by atoms with E-state index in [9.17, 15) is 19.5 Å². The van der Waals surface area contributed by atoms with Gasteiger partial charge in [0.05, 0.1) is 41.3 Å². The molecule has 2 aromatic rings. The zero-order chi connectivity index (χ0) is 28.6. The average molecular weight is 630 g/mol. The molecule has 0 saturated carbocycles. The van der Waals surface area contributed by atoms with Crippen LogP contribution in [0.4, 0.5) is 5.69 Å². The number of likely N-dealkylation sites (tertiary alicyclic amines) is 1. The highest BCUT2D eigenvalue weighted by molar-refractivity contribution is 9.09. The third-order valence-corrected chi connectivity index (χ3v) is 9.16. The van der Waals surface area contributed by atoms with Gasteiger partial charge in [-0.1, -0.05) is 88.7 Å². The van der Waals surface area contributed by atoms with Crippen molar-refractivity contribution in [3.63, 3.8) is 0 Å². The molecule has 3 unspecified atom stereocenters. The second-order valence-electron chi connectivity index (χ2n) is 10.1. The van der Waals surface area contributed by atoms with Gasteiger partial charge in [0.1, 0.15) is 18.2 Å². The van der Waals surface area contributed by atoms with Crippen molar-refractivity contribution in [3.8, 4) is 0 Å². The lowest BCUT2D eigenvalue weighted by Gasteiger charge is -2.39. The number of ether oxygens (including phenoxy) is 2. The Kier molecular flexibility index (Phi) is 8.20. The summed E-state index contributed by atoms with van der Waals surface area (Å²) in [4.78, 5) is 45.0. The number of carbonyl (C=O) groups is 3. The highest BCUT2D eigenvalue weighted by Gasteiger charge is 2.77. The first kappa shape index (κ1) is 28.5. The van der Waals surface area contributed by atoms with Crippen LogP contribution in [0.3, 0.4) is 0 Å². The van der Waals surface area contributed by atoms with Gasteiger partial charge in [-0.05, 0) is 24.1 Å². The van der Waals surface area contributed by atoms with Crippen LogP contribution < -0.4 is 4.90 Å². The number of fused-ring (bicyclic) bond motifs is 1. The summed E-state index contributed by atoms with van der Waals surface area (Å²) in [6, 6.07) is 13.9. The van der Waals surface area contributed by atoms with Gasteiger partial charge in [-0.15, -0.1) is 6.58 Å². The van der Waals surface area contributed by atoms with Crippen molar-refractivity contribution < 1.29 is 29.0 Å². The largest absolute Gasteiger partial charge is 0.461 e. The summed E-state index contributed by atoms with van der Waals surface area (Å²) in [5, 5.41) is 11.0. The summed E-state index contributed by atoms with van der Waals surface area (Å²) in [6.07, 6.45) is 2.68. The SMILES string of the molecule is C=CCOC(=O)[C@H]1[C@H]2C(=O)N([C@H](CO)c3ccccc3)C(C(=O)N(CC=C)c3ccccc3Cl)C23CC(Br)[C@@H]1O3. The lowest BCUT2D eigenvalue weighted by molar-refractivity contribution is -0.154. The maximum Gasteiger partial charge on any atom is 0.312 e. The number of para-hydroxylation sites is 1. The zero-order valence-corrected chi connectivity index (χ0v) is 24.0. The number of hydrogen-bond acceptors (Lipinski definition) is 6.